The zero-order valence-electron chi connectivity index (χ0n) is 15.8. The topological polar surface area (TPSA) is 90.8 Å². The van der Waals surface area contributed by atoms with Crippen LogP contribution in [0.25, 0.3) is 0 Å². The molecule has 0 bridgehead atoms. The van der Waals surface area contributed by atoms with Crippen LogP contribution < -0.4 is 44.7 Å². The van der Waals surface area contributed by atoms with Crippen molar-refractivity contribution in [3.63, 3.8) is 0 Å². The summed E-state index contributed by atoms with van der Waals surface area (Å²) in [6.07, 6.45) is 6.44. The van der Waals surface area contributed by atoms with E-state index in [4.69, 9.17) is 4.74 Å². The summed E-state index contributed by atoms with van der Waals surface area (Å²) in [7, 11) is 1.53. The number of carbonyl (C=O) groups excluding carboxylic acids is 2. The van der Waals surface area contributed by atoms with Crippen molar-refractivity contribution in [2.75, 3.05) is 13.7 Å². The van der Waals surface area contributed by atoms with Crippen molar-refractivity contribution in [2.45, 2.75) is 43.8 Å². The molecule has 27 heavy (non-hydrogen) atoms. The molecular formula is C19H23N2NaO4S. The fraction of sp³-hybridized carbons (Fsp3) is 0.526. The van der Waals surface area contributed by atoms with E-state index < -0.39 is 16.4 Å². The van der Waals surface area contributed by atoms with Crippen molar-refractivity contribution < 1.29 is 49.0 Å². The van der Waals surface area contributed by atoms with Gasteiger partial charge in [-0.15, -0.1) is 11.8 Å². The fourth-order valence-corrected chi connectivity index (χ4v) is 4.30. The van der Waals surface area contributed by atoms with Crippen molar-refractivity contribution >= 4 is 28.8 Å². The number of nitrogens with zero attached hydrogens (tertiary/aromatic N) is 1. The molecule has 1 saturated carbocycles. The Bertz CT molecular complexity index is 720. The molecule has 8 heteroatoms. The first kappa shape index (κ1) is 22.3. The predicted octanol–water partition coefficient (Wildman–Crippen LogP) is -1.09. The third-order valence-corrected chi connectivity index (χ3v) is 5.87. The number of aliphatic imine (C=N–C) groups is 1. The van der Waals surface area contributed by atoms with E-state index in [1.165, 1.54) is 26.4 Å². The summed E-state index contributed by atoms with van der Waals surface area (Å²) in [5.41, 5.74) is 1.27. The van der Waals surface area contributed by atoms with Gasteiger partial charge in [0.05, 0.1) is 17.9 Å². The maximum Gasteiger partial charge on any atom is 1.00 e. The van der Waals surface area contributed by atoms with Crippen molar-refractivity contribution in [3.8, 4) is 5.75 Å². The minimum atomic E-state index is -0.506. The molecule has 1 aromatic carbocycles. The smallest absolute Gasteiger partial charge is 0.854 e. The number of hydrogen-bond donors (Lipinski definition) is 1. The van der Waals surface area contributed by atoms with Gasteiger partial charge in [0.25, 0.3) is 11.8 Å². The molecule has 1 N–H and O–H groups in total. The Labute approximate surface area is 185 Å². The second-order valence-corrected chi connectivity index (χ2v) is 7.93. The van der Waals surface area contributed by atoms with Crippen molar-refractivity contribution in [3.05, 3.63) is 29.3 Å². The Morgan fingerprint density at radius 2 is 2.07 bits per heavy atom. The van der Waals surface area contributed by atoms with Gasteiger partial charge in [-0.3, -0.25) is 9.59 Å². The zero-order valence-corrected chi connectivity index (χ0v) is 18.6. The maximum absolute atomic E-state index is 12.6. The van der Waals surface area contributed by atoms with E-state index in [9.17, 15) is 14.7 Å². The summed E-state index contributed by atoms with van der Waals surface area (Å²) in [4.78, 5) is 27.8. The Morgan fingerprint density at radius 3 is 2.70 bits per heavy atom. The Morgan fingerprint density at radius 1 is 1.33 bits per heavy atom. The third kappa shape index (κ3) is 5.98. The molecule has 0 spiro atoms. The first-order valence-electron chi connectivity index (χ1n) is 8.98. The van der Waals surface area contributed by atoms with Crippen LogP contribution in [0.5, 0.6) is 5.75 Å². The van der Waals surface area contributed by atoms with Gasteiger partial charge in [0.2, 0.25) is 0 Å². The van der Waals surface area contributed by atoms with E-state index in [2.05, 4.69) is 10.3 Å². The fourth-order valence-electron chi connectivity index (χ4n) is 3.49. The molecule has 2 aliphatic rings. The van der Waals surface area contributed by atoms with Gasteiger partial charge < -0.3 is 15.2 Å². The van der Waals surface area contributed by atoms with Crippen LogP contribution in [0.1, 0.15) is 48.0 Å². The second-order valence-electron chi connectivity index (χ2n) is 6.78. The molecule has 0 aromatic heterocycles. The van der Waals surface area contributed by atoms with E-state index in [-0.39, 0.29) is 35.5 Å². The molecular weight excluding hydrogens is 375 g/mol. The van der Waals surface area contributed by atoms with Crippen LogP contribution >= 0.6 is 11.8 Å². The van der Waals surface area contributed by atoms with Gasteiger partial charge in [0, 0.05) is 11.8 Å². The predicted molar refractivity (Wildman–Crippen MR) is 99.4 cm³/mol. The standard InChI is InChI=1S/C19H24N2O4S.Na/c1-25-15-8-7-13(10-16-18(23)21-19(24)26-16)9-14(15)17(22)20-11-12-5-3-2-4-6-12;/h7-9,12,16H,2-6,10-11H2,1H3,(H,20,22)(H,21,23,24);/q;+1/p-1. The Hall–Kier alpha value is -1.02. The normalized spacial score (nSPS) is 20.0. The molecule has 6 nitrogen and oxygen atoms in total. The molecule has 1 aliphatic carbocycles. The van der Waals surface area contributed by atoms with Crippen LogP contribution in [0.4, 0.5) is 0 Å². The first-order valence-corrected chi connectivity index (χ1v) is 9.86. The van der Waals surface area contributed by atoms with Crippen molar-refractivity contribution in [1.29, 1.82) is 0 Å². The van der Waals surface area contributed by atoms with Crippen LogP contribution in [0, 0.1) is 5.92 Å². The average molecular weight is 398 g/mol. The summed E-state index contributed by atoms with van der Waals surface area (Å²) in [5, 5.41) is 13.3. The molecule has 1 fully saturated rings. The van der Waals surface area contributed by atoms with Gasteiger partial charge in [0.1, 0.15) is 5.75 Å². The van der Waals surface area contributed by atoms with Crippen LogP contribution in [0.2, 0.25) is 0 Å². The van der Waals surface area contributed by atoms with Crippen LogP contribution in [-0.2, 0) is 11.2 Å². The van der Waals surface area contributed by atoms with Gasteiger partial charge >= 0.3 is 29.6 Å². The zero-order chi connectivity index (χ0) is 18.5. The van der Waals surface area contributed by atoms with Gasteiger partial charge in [0.15, 0.2) is 0 Å². The number of amides is 2. The SMILES string of the molecule is COc1ccc(CC2SC([O-])=NC2=O)cc1C(=O)NCC1CCCCC1.[Na+]. The molecule has 1 aliphatic heterocycles. The Balaban J connectivity index is 0.00000261. The number of ether oxygens (including phenoxy) is 1. The maximum atomic E-state index is 12.6. The molecule has 1 heterocycles. The molecule has 0 radical (unpaired) electrons. The van der Waals surface area contributed by atoms with Gasteiger partial charge in [-0.2, -0.15) is 0 Å². The van der Waals surface area contributed by atoms with E-state index >= 15 is 0 Å². The number of rotatable bonds is 6. The number of methoxy groups -OCH3 is 1. The molecule has 1 aromatic rings. The van der Waals surface area contributed by atoms with Crippen LogP contribution in [0.3, 0.4) is 0 Å². The number of hydrogen-bond acceptors (Lipinski definition) is 5. The molecule has 0 saturated heterocycles. The van der Waals surface area contributed by atoms with E-state index in [0.29, 0.717) is 30.2 Å². The molecule has 140 valence electrons. The quantitative estimate of drug-likeness (QED) is 0.615. The third-order valence-electron chi connectivity index (χ3n) is 4.93. The molecule has 2 amide bonds. The second kappa shape index (κ2) is 10.5. The van der Waals surface area contributed by atoms with E-state index in [1.54, 1.807) is 12.1 Å². The summed E-state index contributed by atoms with van der Waals surface area (Å²) in [6, 6.07) is 5.28. The molecule has 1 unspecified atom stereocenters. The number of carbonyl (C=O) groups is 2. The summed E-state index contributed by atoms with van der Waals surface area (Å²) in [5.74, 6) is 0.475. The number of nitrogens with one attached hydrogen (secondary N) is 1. The largest absolute Gasteiger partial charge is 1.00 e. The van der Waals surface area contributed by atoms with Gasteiger partial charge in [-0.05, 0) is 42.9 Å². The Kier molecular flexibility index (Phi) is 8.66. The molecule has 3 rings (SSSR count). The molecule has 1 atom stereocenters. The van der Waals surface area contributed by atoms with Crippen molar-refractivity contribution in [2.24, 2.45) is 10.9 Å². The van der Waals surface area contributed by atoms with E-state index in [1.807, 2.05) is 6.07 Å². The summed E-state index contributed by atoms with van der Waals surface area (Å²) in [6.45, 7) is 0.677. The van der Waals surface area contributed by atoms with Crippen molar-refractivity contribution in [1.82, 2.24) is 5.32 Å². The van der Waals surface area contributed by atoms with Crippen LogP contribution in [-0.4, -0.2) is 35.9 Å². The van der Waals surface area contributed by atoms with Crippen LogP contribution in [0.15, 0.2) is 23.2 Å². The number of thioether (sulfide) groups is 1. The minimum Gasteiger partial charge on any atom is -0.854 e. The van der Waals surface area contributed by atoms with Gasteiger partial charge in [-0.1, -0.05) is 25.3 Å². The average Bonchev–Trinajstić information content (AvgIpc) is 2.97. The first-order chi connectivity index (χ1) is 12.6. The summed E-state index contributed by atoms with van der Waals surface area (Å²) < 4.78 is 5.32. The monoisotopic (exact) mass is 398 g/mol. The summed E-state index contributed by atoms with van der Waals surface area (Å²) >= 11 is 0.935. The minimum absolute atomic E-state index is 0. The number of benzene rings is 1. The van der Waals surface area contributed by atoms with E-state index in [0.717, 1.165) is 30.2 Å². The van der Waals surface area contributed by atoms with Gasteiger partial charge in [-0.25, -0.2) is 4.99 Å².